The zero-order valence-corrected chi connectivity index (χ0v) is 15.8. The number of amides is 1. The lowest BCUT2D eigenvalue weighted by atomic mass is 10.1. The highest BCUT2D eigenvalue weighted by atomic mass is 16.5. The molecule has 0 saturated heterocycles. The van der Waals surface area contributed by atoms with E-state index in [1.54, 1.807) is 7.11 Å². The molecule has 0 bridgehead atoms. The number of benzene rings is 2. The molecule has 4 heteroatoms. The van der Waals surface area contributed by atoms with Crippen LogP contribution in [0.5, 0.6) is 5.75 Å². The number of carbonyl (C=O) groups is 1. The molecule has 4 nitrogen and oxygen atoms in total. The van der Waals surface area contributed by atoms with Gasteiger partial charge < -0.3 is 10.1 Å². The predicted octanol–water partition coefficient (Wildman–Crippen LogP) is 4.03. The van der Waals surface area contributed by atoms with Crippen molar-refractivity contribution in [1.29, 1.82) is 0 Å². The zero-order chi connectivity index (χ0) is 18.4. The number of carbonyl (C=O) groups excluding carboxylic acids is 1. The molecule has 0 spiro atoms. The molecule has 0 fully saturated rings. The van der Waals surface area contributed by atoms with E-state index in [2.05, 4.69) is 36.5 Å². The number of aryl methyl sites for hydroxylation is 2. The summed E-state index contributed by atoms with van der Waals surface area (Å²) in [5.74, 6) is 0.625. The number of hydrogen-bond acceptors (Lipinski definition) is 3. The van der Waals surface area contributed by atoms with Crippen LogP contribution in [-0.2, 0) is 17.8 Å². The third-order valence-corrected chi connectivity index (χ3v) is 4.52. The number of hydrogen-bond donors (Lipinski definition) is 1. The number of nitrogens with one attached hydrogen (secondary N) is 1. The van der Waals surface area contributed by atoms with Crippen molar-refractivity contribution in [1.82, 2.24) is 4.90 Å². The predicted molar refractivity (Wildman–Crippen MR) is 103 cm³/mol. The van der Waals surface area contributed by atoms with E-state index in [1.807, 2.05) is 44.0 Å². The Morgan fingerprint density at radius 3 is 2.40 bits per heavy atom. The van der Waals surface area contributed by atoms with E-state index in [0.717, 1.165) is 18.5 Å². The van der Waals surface area contributed by atoms with Crippen LogP contribution in [-0.4, -0.2) is 31.0 Å². The minimum atomic E-state index is -0.254. The summed E-state index contributed by atoms with van der Waals surface area (Å²) in [5, 5.41) is 2.98. The minimum absolute atomic E-state index is 0.0448. The largest absolute Gasteiger partial charge is 0.495 e. The Hall–Kier alpha value is -2.33. The van der Waals surface area contributed by atoms with Gasteiger partial charge in [-0.2, -0.15) is 0 Å². The zero-order valence-electron chi connectivity index (χ0n) is 15.8. The normalized spacial score (nSPS) is 12.1. The maximum atomic E-state index is 12.6. The highest BCUT2D eigenvalue weighted by Crippen LogP contribution is 2.25. The summed E-state index contributed by atoms with van der Waals surface area (Å²) in [6.45, 7) is 6.78. The molecular weight excluding hydrogens is 312 g/mol. The van der Waals surface area contributed by atoms with E-state index in [1.165, 1.54) is 11.1 Å². The molecule has 0 aromatic heterocycles. The Balaban J connectivity index is 2.02. The van der Waals surface area contributed by atoms with Crippen molar-refractivity contribution in [3.05, 3.63) is 59.2 Å². The maximum absolute atomic E-state index is 12.6. The second-order valence-electron chi connectivity index (χ2n) is 6.45. The Morgan fingerprint density at radius 1 is 1.16 bits per heavy atom. The lowest BCUT2D eigenvalue weighted by Crippen LogP contribution is -2.39. The standard InChI is InChI=1S/C21H28N2O2/c1-6-17-8-10-18(11-9-17)14-23(4)16(3)21(24)22-19-13-15(2)7-12-20(19)25-5/h7-13,16H,6,14H2,1-5H3,(H,22,24). The van der Waals surface area contributed by atoms with Crippen molar-refractivity contribution in [3.63, 3.8) is 0 Å². The second kappa shape index (κ2) is 8.67. The lowest BCUT2D eigenvalue weighted by Gasteiger charge is -2.24. The average molecular weight is 340 g/mol. The van der Waals surface area contributed by atoms with Gasteiger partial charge in [-0.05, 0) is 56.1 Å². The molecule has 0 aliphatic rings. The SMILES string of the molecule is CCc1ccc(CN(C)C(C)C(=O)Nc2cc(C)ccc2OC)cc1. The van der Waals surface area contributed by atoms with Gasteiger partial charge in [0.1, 0.15) is 5.75 Å². The number of anilines is 1. The van der Waals surface area contributed by atoms with Crippen LogP contribution in [0.2, 0.25) is 0 Å². The van der Waals surface area contributed by atoms with Crippen LogP contribution in [0.4, 0.5) is 5.69 Å². The fourth-order valence-corrected chi connectivity index (χ4v) is 2.66. The first-order chi connectivity index (χ1) is 11.9. The van der Waals surface area contributed by atoms with E-state index >= 15 is 0 Å². The van der Waals surface area contributed by atoms with Gasteiger partial charge in [-0.25, -0.2) is 0 Å². The summed E-state index contributed by atoms with van der Waals surface area (Å²) in [5.41, 5.74) is 4.31. The first kappa shape index (κ1) is 19.0. The van der Waals surface area contributed by atoms with Crippen molar-refractivity contribution in [2.24, 2.45) is 0 Å². The summed E-state index contributed by atoms with van der Waals surface area (Å²) in [6, 6.07) is 14.0. The van der Waals surface area contributed by atoms with E-state index in [-0.39, 0.29) is 11.9 Å². The smallest absolute Gasteiger partial charge is 0.241 e. The molecular formula is C21H28N2O2. The number of nitrogens with zero attached hydrogens (tertiary/aromatic N) is 1. The monoisotopic (exact) mass is 340 g/mol. The molecule has 2 rings (SSSR count). The molecule has 0 heterocycles. The third-order valence-electron chi connectivity index (χ3n) is 4.52. The van der Waals surface area contributed by atoms with Gasteiger partial charge in [0.15, 0.2) is 0 Å². The van der Waals surface area contributed by atoms with E-state index in [9.17, 15) is 4.79 Å². The van der Waals surface area contributed by atoms with Crippen molar-refractivity contribution in [3.8, 4) is 5.75 Å². The topological polar surface area (TPSA) is 41.6 Å². The molecule has 0 saturated carbocycles. The number of rotatable bonds is 7. The van der Waals surface area contributed by atoms with Crippen LogP contribution in [0.3, 0.4) is 0 Å². The highest BCUT2D eigenvalue weighted by Gasteiger charge is 2.19. The van der Waals surface area contributed by atoms with Crippen LogP contribution in [0.25, 0.3) is 0 Å². The number of likely N-dealkylation sites (N-methyl/N-ethyl adjacent to an activating group) is 1. The van der Waals surface area contributed by atoms with Crippen molar-refractivity contribution >= 4 is 11.6 Å². The first-order valence-corrected chi connectivity index (χ1v) is 8.68. The second-order valence-corrected chi connectivity index (χ2v) is 6.45. The molecule has 1 atom stereocenters. The number of ether oxygens (including phenoxy) is 1. The van der Waals surface area contributed by atoms with E-state index in [4.69, 9.17) is 4.74 Å². The Bertz CT molecular complexity index is 710. The highest BCUT2D eigenvalue weighted by molar-refractivity contribution is 5.95. The number of methoxy groups -OCH3 is 1. The van der Waals surface area contributed by atoms with Gasteiger partial charge >= 0.3 is 0 Å². The van der Waals surface area contributed by atoms with E-state index in [0.29, 0.717) is 11.4 Å². The van der Waals surface area contributed by atoms with Crippen LogP contribution in [0, 0.1) is 6.92 Å². The average Bonchev–Trinajstić information content (AvgIpc) is 2.61. The van der Waals surface area contributed by atoms with Crippen LogP contribution in [0.1, 0.15) is 30.5 Å². The first-order valence-electron chi connectivity index (χ1n) is 8.68. The van der Waals surface area contributed by atoms with E-state index < -0.39 is 0 Å². The molecule has 1 N–H and O–H groups in total. The fraction of sp³-hybridized carbons (Fsp3) is 0.381. The molecule has 0 aliphatic carbocycles. The fourth-order valence-electron chi connectivity index (χ4n) is 2.66. The van der Waals surface area contributed by atoms with Gasteiger partial charge in [0.05, 0.1) is 18.8 Å². The van der Waals surface area contributed by atoms with Crippen molar-refractivity contribution < 1.29 is 9.53 Å². The quantitative estimate of drug-likeness (QED) is 0.827. The molecule has 0 radical (unpaired) electrons. The summed E-state index contributed by atoms with van der Waals surface area (Å²) in [6.07, 6.45) is 1.03. The Morgan fingerprint density at radius 2 is 1.80 bits per heavy atom. The van der Waals surface area contributed by atoms with Crippen LogP contribution in [0.15, 0.2) is 42.5 Å². The molecule has 1 amide bonds. The van der Waals surface area contributed by atoms with Gasteiger partial charge in [0.25, 0.3) is 0 Å². The molecule has 0 aliphatic heterocycles. The Labute approximate surface area is 150 Å². The third kappa shape index (κ3) is 5.07. The molecule has 1 unspecified atom stereocenters. The molecule has 25 heavy (non-hydrogen) atoms. The molecule has 134 valence electrons. The summed E-state index contributed by atoms with van der Waals surface area (Å²) < 4.78 is 5.33. The lowest BCUT2D eigenvalue weighted by molar-refractivity contribution is -0.120. The van der Waals surface area contributed by atoms with Gasteiger partial charge in [-0.3, -0.25) is 9.69 Å². The van der Waals surface area contributed by atoms with Gasteiger partial charge in [-0.15, -0.1) is 0 Å². The molecule has 2 aromatic carbocycles. The van der Waals surface area contributed by atoms with Gasteiger partial charge in [0.2, 0.25) is 5.91 Å². The van der Waals surface area contributed by atoms with Gasteiger partial charge in [0, 0.05) is 6.54 Å². The summed E-state index contributed by atoms with van der Waals surface area (Å²) >= 11 is 0. The van der Waals surface area contributed by atoms with Crippen molar-refractivity contribution in [2.45, 2.75) is 39.8 Å². The Kier molecular flexibility index (Phi) is 6.59. The summed E-state index contributed by atoms with van der Waals surface area (Å²) in [4.78, 5) is 14.7. The van der Waals surface area contributed by atoms with Crippen LogP contribution >= 0.6 is 0 Å². The van der Waals surface area contributed by atoms with Crippen LogP contribution < -0.4 is 10.1 Å². The minimum Gasteiger partial charge on any atom is -0.495 e. The summed E-state index contributed by atoms with van der Waals surface area (Å²) in [7, 11) is 3.57. The maximum Gasteiger partial charge on any atom is 0.241 e. The van der Waals surface area contributed by atoms with Gasteiger partial charge in [-0.1, -0.05) is 37.3 Å². The van der Waals surface area contributed by atoms with Crippen molar-refractivity contribution in [2.75, 3.05) is 19.5 Å². The molecule has 2 aromatic rings.